The van der Waals surface area contributed by atoms with Crippen LogP contribution in [-0.4, -0.2) is 52.6 Å². The molecule has 0 bridgehead atoms. The molecule has 1 aromatic carbocycles. The van der Waals surface area contributed by atoms with Crippen molar-refractivity contribution in [1.29, 1.82) is 0 Å². The molecule has 132 valence electrons. The molecular formula is C19H31N2O2Y. The van der Waals surface area contributed by atoms with Gasteiger partial charge in [-0.25, -0.2) is 0 Å². The van der Waals surface area contributed by atoms with Crippen LogP contribution in [0.15, 0.2) is 30.3 Å². The molecule has 0 spiro atoms. The van der Waals surface area contributed by atoms with Crippen molar-refractivity contribution in [3.05, 3.63) is 57.2 Å². The number of carbonyl (C=O) groups is 1. The Kier molecular flexibility index (Phi) is 15.1. The molecule has 1 heterocycles. The van der Waals surface area contributed by atoms with Gasteiger partial charge in [-0.1, -0.05) is 36.9 Å². The molecular weight excluding hydrogens is 377 g/mol. The minimum atomic E-state index is 0. The van der Waals surface area contributed by atoms with Gasteiger partial charge in [0, 0.05) is 31.7 Å². The Hall–Kier alpha value is -0.286. The summed E-state index contributed by atoms with van der Waals surface area (Å²) < 4.78 is 0. The molecule has 2 atom stereocenters. The fourth-order valence-corrected chi connectivity index (χ4v) is 2.73. The average molecular weight is 408 g/mol. The quantitative estimate of drug-likeness (QED) is 0.782. The smallest absolute Gasteiger partial charge is 0.428 e. The molecule has 0 aromatic heterocycles. The number of amides is 1. The number of aliphatic hydroxyl groups is 1. The molecule has 0 radical (unpaired) electrons. The summed E-state index contributed by atoms with van der Waals surface area (Å²) in [6.07, 6.45) is 0.357. The molecule has 1 saturated heterocycles. The van der Waals surface area contributed by atoms with Gasteiger partial charge >= 0.3 is 32.7 Å². The first-order chi connectivity index (χ1) is 10.5. The standard InChI is InChI=1S/C16H23N2O.C2H5O.CH3.Y/c1-4-16(19)18-11-13(2)17(10-14(18)3)12-15-8-6-5-7-9-15;1-2-3;;/h5-9,13-14H,1,4,10-12H2,2-3H3;3H,1-2H2;1H3;/q3*-1;+3. The van der Waals surface area contributed by atoms with Crippen molar-refractivity contribution in [2.45, 2.75) is 38.9 Å². The normalized spacial score (nSPS) is 20.1. The van der Waals surface area contributed by atoms with E-state index in [1.807, 2.05) is 11.0 Å². The summed E-state index contributed by atoms with van der Waals surface area (Å²) in [4.78, 5) is 16.3. The van der Waals surface area contributed by atoms with E-state index in [9.17, 15) is 4.79 Å². The average Bonchev–Trinajstić information content (AvgIpc) is 2.51. The molecule has 1 amide bonds. The maximum Gasteiger partial charge on any atom is 3.00 e. The first-order valence-electron chi connectivity index (χ1n) is 7.80. The Morgan fingerprint density at radius 1 is 1.17 bits per heavy atom. The van der Waals surface area contributed by atoms with E-state index < -0.39 is 0 Å². The Morgan fingerprint density at radius 3 is 2.21 bits per heavy atom. The molecule has 1 aliphatic rings. The molecule has 1 aromatic rings. The predicted molar refractivity (Wildman–Crippen MR) is 96.3 cm³/mol. The molecule has 1 fully saturated rings. The Morgan fingerprint density at radius 2 is 1.71 bits per heavy atom. The van der Waals surface area contributed by atoms with Crippen molar-refractivity contribution in [1.82, 2.24) is 9.80 Å². The number of piperazine rings is 1. The number of rotatable bonds is 3. The van der Waals surface area contributed by atoms with E-state index in [0.29, 0.717) is 12.5 Å². The van der Waals surface area contributed by atoms with E-state index >= 15 is 0 Å². The SMILES string of the molecule is [CH2-]CC(=O)N1CC(C)N(Cc2ccccc2)CC1C.[CH2-]CO.[CH3-].[Y+3]. The van der Waals surface area contributed by atoms with Crippen LogP contribution in [0.3, 0.4) is 0 Å². The summed E-state index contributed by atoms with van der Waals surface area (Å²) in [6.45, 7) is 13.8. The van der Waals surface area contributed by atoms with Gasteiger partial charge in [-0.15, -0.1) is 6.42 Å². The fraction of sp³-hybridized carbons (Fsp3) is 0.474. The molecule has 24 heavy (non-hydrogen) atoms. The first kappa shape index (κ1) is 25.9. The van der Waals surface area contributed by atoms with E-state index in [2.05, 4.69) is 56.9 Å². The molecule has 5 heteroatoms. The molecule has 4 nitrogen and oxygen atoms in total. The molecule has 0 aliphatic carbocycles. The van der Waals surface area contributed by atoms with Crippen LogP contribution in [0, 0.1) is 21.3 Å². The maximum absolute atomic E-state index is 11.8. The van der Waals surface area contributed by atoms with Crippen molar-refractivity contribution in [3.63, 3.8) is 0 Å². The number of benzene rings is 1. The van der Waals surface area contributed by atoms with E-state index in [1.54, 1.807) is 0 Å². The number of hydrogen-bond donors (Lipinski definition) is 1. The minimum Gasteiger partial charge on any atom is -0.428 e. The zero-order valence-corrected chi connectivity index (χ0v) is 18.2. The van der Waals surface area contributed by atoms with Crippen LogP contribution in [0.2, 0.25) is 0 Å². The fourth-order valence-electron chi connectivity index (χ4n) is 2.73. The van der Waals surface area contributed by atoms with Crippen molar-refractivity contribution < 1.29 is 42.6 Å². The van der Waals surface area contributed by atoms with Crippen molar-refractivity contribution in [2.75, 3.05) is 19.7 Å². The summed E-state index contributed by atoms with van der Waals surface area (Å²) in [6, 6.07) is 11.2. The molecule has 2 unspecified atom stereocenters. The number of aliphatic hydroxyl groups excluding tert-OH is 1. The number of nitrogens with zero attached hydrogens (tertiary/aromatic N) is 2. The summed E-state index contributed by atoms with van der Waals surface area (Å²) in [5, 5.41) is 7.46. The monoisotopic (exact) mass is 408 g/mol. The van der Waals surface area contributed by atoms with Gasteiger partial charge in [-0.3, -0.25) is 9.69 Å². The summed E-state index contributed by atoms with van der Waals surface area (Å²) >= 11 is 0. The Labute approximate surface area is 173 Å². The first-order valence-corrected chi connectivity index (χ1v) is 7.80. The van der Waals surface area contributed by atoms with Crippen LogP contribution in [0.5, 0.6) is 0 Å². The third kappa shape index (κ3) is 8.20. The third-order valence-corrected chi connectivity index (χ3v) is 3.88. The van der Waals surface area contributed by atoms with Gasteiger partial charge in [-0.2, -0.15) is 0 Å². The van der Waals surface area contributed by atoms with Crippen molar-refractivity contribution >= 4 is 5.91 Å². The predicted octanol–water partition coefficient (Wildman–Crippen LogP) is 2.59. The maximum atomic E-state index is 11.8. The molecule has 1 N–H and O–H groups in total. The molecule has 1 aliphatic heterocycles. The summed E-state index contributed by atoms with van der Waals surface area (Å²) in [7, 11) is 0. The second-order valence-corrected chi connectivity index (χ2v) is 5.63. The Bertz CT molecular complexity index is 442. The van der Waals surface area contributed by atoms with Crippen molar-refractivity contribution in [3.8, 4) is 0 Å². The van der Waals surface area contributed by atoms with Crippen LogP contribution in [0.25, 0.3) is 0 Å². The van der Waals surface area contributed by atoms with E-state index in [4.69, 9.17) is 5.11 Å². The second-order valence-electron chi connectivity index (χ2n) is 5.63. The van der Waals surface area contributed by atoms with Crippen LogP contribution in [-0.2, 0) is 44.0 Å². The van der Waals surface area contributed by atoms with Gasteiger partial charge < -0.3 is 31.3 Å². The topological polar surface area (TPSA) is 43.8 Å². The third-order valence-electron chi connectivity index (χ3n) is 3.88. The minimum absolute atomic E-state index is 0. The van der Waals surface area contributed by atoms with Gasteiger partial charge in [0.25, 0.3) is 0 Å². The van der Waals surface area contributed by atoms with Crippen molar-refractivity contribution in [2.24, 2.45) is 0 Å². The van der Waals surface area contributed by atoms with Gasteiger partial charge in [0.2, 0.25) is 0 Å². The number of hydrogen-bond acceptors (Lipinski definition) is 3. The summed E-state index contributed by atoms with van der Waals surface area (Å²) in [5.41, 5.74) is 1.33. The van der Waals surface area contributed by atoms with Gasteiger partial charge in [0.05, 0.1) is 0 Å². The largest absolute Gasteiger partial charge is 3.00 e. The zero-order chi connectivity index (χ0) is 16.5. The number of carbonyl (C=O) groups excluding carboxylic acids is 1. The van der Waals surface area contributed by atoms with E-state index in [1.165, 1.54) is 5.56 Å². The zero-order valence-electron chi connectivity index (χ0n) is 15.3. The van der Waals surface area contributed by atoms with Crippen LogP contribution >= 0.6 is 0 Å². The van der Waals surface area contributed by atoms with Crippen LogP contribution in [0.1, 0.15) is 25.8 Å². The second kappa shape index (κ2) is 13.9. The molecule has 0 saturated carbocycles. The van der Waals surface area contributed by atoms with E-state index in [-0.39, 0.29) is 58.7 Å². The summed E-state index contributed by atoms with van der Waals surface area (Å²) in [5.74, 6) is 0.165. The van der Waals surface area contributed by atoms with Crippen LogP contribution < -0.4 is 0 Å². The Balaban J connectivity index is 0. The van der Waals surface area contributed by atoms with Gasteiger partial charge in [0.1, 0.15) is 0 Å². The van der Waals surface area contributed by atoms with Gasteiger partial charge in [0.15, 0.2) is 5.91 Å². The molecule has 2 rings (SSSR count). The van der Waals surface area contributed by atoms with Gasteiger partial charge in [-0.05, 0) is 19.4 Å². The van der Waals surface area contributed by atoms with E-state index in [0.717, 1.165) is 19.6 Å². The van der Waals surface area contributed by atoms with Crippen LogP contribution in [0.4, 0.5) is 0 Å².